The maximum absolute atomic E-state index is 6.30. The Morgan fingerprint density at radius 2 is 2.05 bits per heavy atom. The second kappa shape index (κ2) is 6.01. The fraction of sp³-hybridized carbons (Fsp3) is 0.467. The summed E-state index contributed by atoms with van der Waals surface area (Å²) in [7, 11) is 0. The quantitative estimate of drug-likeness (QED) is 0.769. The molecule has 0 bridgehead atoms. The summed E-state index contributed by atoms with van der Waals surface area (Å²) in [6, 6.07) is 8.84. The lowest BCUT2D eigenvalue weighted by molar-refractivity contribution is 0.359. The van der Waals surface area contributed by atoms with E-state index in [-0.39, 0.29) is 11.5 Å². The molecule has 0 radical (unpaired) electrons. The van der Waals surface area contributed by atoms with E-state index in [1.807, 2.05) is 0 Å². The number of rotatable bonds is 5. The summed E-state index contributed by atoms with van der Waals surface area (Å²) in [5.41, 5.74) is 0.872. The number of fused-ring (bicyclic) bond motifs is 1. The lowest BCUT2D eigenvalue weighted by atomic mass is 9.77. The van der Waals surface area contributed by atoms with E-state index in [4.69, 9.17) is 23.2 Å². The van der Waals surface area contributed by atoms with Crippen LogP contribution in [0, 0.1) is 0 Å². The van der Waals surface area contributed by atoms with E-state index in [0.717, 1.165) is 6.54 Å². The molecule has 0 aliphatic heterocycles. The third kappa shape index (κ3) is 2.78. The normalized spacial score (nSPS) is 16.7. The fourth-order valence-electron chi connectivity index (χ4n) is 2.38. The molecule has 1 aromatic heterocycles. The molecule has 2 rings (SSSR count). The molecular weight excluding hydrogens is 297 g/mol. The van der Waals surface area contributed by atoms with Gasteiger partial charge >= 0.3 is 0 Å². The molecule has 0 fully saturated rings. The highest BCUT2D eigenvalue weighted by Crippen LogP contribution is 2.38. The highest BCUT2D eigenvalue weighted by atomic mass is 35.5. The first-order valence-corrected chi connectivity index (χ1v) is 8.24. The van der Waals surface area contributed by atoms with Crippen LogP contribution in [-0.2, 0) is 5.41 Å². The van der Waals surface area contributed by atoms with E-state index in [9.17, 15) is 0 Å². The number of hydrogen-bond donors (Lipinski definition) is 1. The molecule has 2 atom stereocenters. The van der Waals surface area contributed by atoms with Gasteiger partial charge in [-0.25, -0.2) is 0 Å². The molecule has 1 N–H and O–H groups in total. The molecule has 19 heavy (non-hydrogen) atoms. The van der Waals surface area contributed by atoms with Gasteiger partial charge in [-0.2, -0.15) is 0 Å². The van der Waals surface area contributed by atoms with Crippen LogP contribution in [0.5, 0.6) is 0 Å². The van der Waals surface area contributed by atoms with Crippen molar-refractivity contribution in [2.45, 2.75) is 37.1 Å². The van der Waals surface area contributed by atoms with Crippen LogP contribution in [0.25, 0.3) is 10.1 Å². The third-order valence-corrected chi connectivity index (χ3v) is 5.74. The minimum absolute atomic E-state index is 0.202. The van der Waals surface area contributed by atoms with Crippen molar-refractivity contribution in [3.8, 4) is 0 Å². The van der Waals surface area contributed by atoms with Crippen molar-refractivity contribution < 1.29 is 0 Å². The van der Waals surface area contributed by atoms with Crippen LogP contribution in [-0.4, -0.2) is 17.4 Å². The van der Waals surface area contributed by atoms with Crippen molar-refractivity contribution in [2.75, 3.05) is 6.54 Å². The monoisotopic (exact) mass is 315 g/mol. The zero-order valence-electron chi connectivity index (χ0n) is 11.4. The van der Waals surface area contributed by atoms with Gasteiger partial charge in [0.05, 0.1) is 0 Å². The van der Waals surface area contributed by atoms with Gasteiger partial charge in [-0.15, -0.1) is 34.5 Å². The number of likely N-dealkylation sites (N-methyl/N-ethyl adjacent to an activating group) is 1. The molecule has 0 aliphatic carbocycles. The Balaban J connectivity index is 2.47. The first-order chi connectivity index (χ1) is 9.00. The van der Waals surface area contributed by atoms with Gasteiger partial charge in [-0.3, -0.25) is 0 Å². The molecule has 4 heteroatoms. The van der Waals surface area contributed by atoms with Gasteiger partial charge in [0.2, 0.25) is 0 Å². The van der Waals surface area contributed by atoms with Gasteiger partial charge in [0.15, 0.2) is 0 Å². The maximum Gasteiger partial charge on any atom is 0.118 e. The first kappa shape index (κ1) is 15.1. The average molecular weight is 316 g/mol. The van der Waals surface area contributed by atoms with Crippen LogP contribution in [0.3, 0.4) is 0 Å². The van der Waals surface area contributed by atoms with Crippen molar-refractivity contribution in [1.29, 1.82) is 0 Å². The summed E-state index contributed by atoms with van der Waals surface area (Å²) in [6.45, 7) is 7.26. The van der Waals surface area contributed by atoms with Crippen molar-refractivity contribution >= 4 is 44.6 Å². The second-order valence-electron chi connectivity index (χ2n) is 5.04. The Morgan fingerprint density at radius 3 is 2.68 bits per heavy atom. The number of hydrogen-bond acceptors (Lipinski definition) is 2. The summed E-state index contributed by atoms with van der Waals surface area (Å²) in [5.74, 6) is 0. The summed E-state index contributed by atoms with van der Waals surface area (Å²) in [5, 5.41) is 6.81. The molecule has 0 amide bonds. The standard InChI is InChI=1S/C15H19Cl2NS/c1-4-18-10(2)15(3,14(16)17)12-5-6-13-11(9-12)7-8-19-13/h5-10,14,18H,4H2,1-3H3. The Labute approximate surface area is 128 Å². The van der Waals surface area contributed by atoms with Crippen LogP contribution in [0.1, 0.15) is 26.3 Å². The zero-order valence-corrected chi connectivity index (χ0v) is 13.7. The van der Waals surface area contributed by atoms with Gasteiger partial charge in [-0.1, -0.05) is 19.9 Å². The molecule has 1 heterocycles. The van der Waals surface area contributed by atoms with E-state index >= 15 is 0 Å². The largest absolute Gasteiger partial charge is 0.314 e. The minimum Gasteiger partial charge on any atom is -0.314 e. The molecule has 1 nitrogen and oxygen atoms in total. The Bertz CT molecular complexity index is 552. The lowest BCUT2D eigenvalue weighted by Crippen LogP contribution is -2.48. The van der Waals surface area contributed by atoms with E-state index in [1.165, 1.54) is 15.6 Å². The Hall–Kier alpha value is -0.280. The predicted molar refractivity (Wildman–Crippen MR) is 87.8 cm³/mol. The van der Waals surface area contributed by atoms with Crippen molar-refractivity contribution in [1.82, 2.24) is 5.32 Å². The van der Waals surface area contributed by atoms with Crippen LogP contribution in [0.4, 0.5) is 0 Å². The van der Waals surface area contributed by atoms with E-state index in [1.54, 1.807) is 11.3 Å². The zero-order chi connectivity index (χ0) is 14.0. The van der Waals surface area contributed by atoms with Crippen LogP contribution < -0.4 is 5.32 Å². The van der Waals surface area contributed by atoms with Gasteiger partial charge in [0.1, 0.15) is 4.84 Å². The molecule has 2 unspecified atom stereocenters. The fourth-order valence-corrected chi connectivity index (χ4v) is 3.79. The smallest absolute Gasteiger partial charge is 0.118 e. The predicted octanol–water partition coefficient (Wildman–Crippen LogP) is 4.96. The Kier molecular flexibility index (Phi) is 4.78. The minimum atomic E-state index is -0.461. The van der Waals surface area contributed by atoms with Crippen molar-refractivity contribution in [3.05, 3.63) is 35.2 Å². The molecule has 1 aromatic carbocycles. The molecule has 2 aromatic rings. The second-order valence-corrected chi connectivity index (χ2v) is 7.08. The van der Waals surface area contributed by atoms with Gasteiger partial charge in [0, 0.05) is 16.2 Å². The average Bonchev–Trinajstić information content (AvgIpc) is 2.84. The van der Waals surface area contributed by atoms with Crippen molar-refractivity contribution in [3.63, 3.8) is 0 Å². The topological polar surface area (TPSA) is 12.0 Å². The summed E-state index contributed by atoms with van der Waals surface area (Å²) < 4.78 is 1.29. The maximum atomic E-state index is 6.30. The van der Waals surface area contributed by atoms with Crippen LogP contribution in [0.2, 0.25) is 0 Å². The molecule has 104 valence electrons. The summed E-state index contributed by atoms with van der Waals surface area (Å²) >= 11 is 14.4. The van der Waals surface area contributed by atoms with E-state index < -0.39 is 4.84 Å². The summed E-state index contributed by atoms with van der Waals surface area (Å²) in [4.78, 5) is -0.461. The van der Waals surface area contributed by atoms with Crippen LogP contribution >= 0.6 is 34.5 Å². The number of thiophene rings is 1. The van der Waals surface area contributed by atoms with Gasteiger partial charge < -0.3 is 5.32 Å². The van der Waals surface area contributed by atoms with Crippen LogP contribution in [0.15, 0.2) is 29.6 Å². The molecular formula is C15H19Cl2NS. The third-order valence-electron chi connectivity index (χ3n) is 3.94. The highest BCUT2D eigenvalue weighted by Gasteiger charge is 2.39. The SMILES string of the molecule is CCNC(C)C(C)(c1ccc2sccc2c1)C(Cl)Cl. The van der Waals surface area contributed by atoms with Crippen molar-refractivity contribution in [2.24, 2.45) is 0 Å². The number of halogens is 2. The summed E-state index contributed by atoms with van der Waals surface area (Å²) in [6.07, 6.45) is 0. The van der Waals surface area contributed by atoms with E-state index in [2.05, 4.69) is 55.7 Å². The number of nitrogens with one attached hydrogen (secondary N) is 1. The van der Waals surface area contributed by atoms with E-state index in [0.29, 0.717) is 0 Å². The number of alkyl halides is 2. The lowest BCUT2D eigenvalue weighted by Gasteiger charge is -2.38. The van der Waals surface area contributed by atoms with Gasteiger partial charge in [0.25, 0.3) is 0 Å². The molecule has 0 aliphatic rings. The molecule has 0 saturated heterocycles. The Morgan fingerprint density at radius 1 is 1.32 bits per heavy atom. The molecule has 0 spiro atoms. The highest BCUT2D eigenvalue weighted by molar-refractivity contribution is 7.17. The van der Waals surface area contributed by atoms with Gasteiger partial charge in [-0.05, 0) is 48.0 Å². The first-order valence-electron chi connectivity index (χ1n) is 6.49. The number of benzene rings is 1. The molecule has 0 saturated carbocycles.